The molecule has 0 atom stereocenters. The highest BCUT2D eigenvalue weighted by Crippen LogP contribution is 2.27. The van der Waals surface area contributed by atoms with Crippen molar-refractivity contribution in [1.82, 2.24) is 5.43 Å². The van der Waals surface area contributed by atoms with Crippen molar-refractivity contribution in [1.29, 1.82) is 0 Å². The van der Waals surface area contributed by atoms with Crippen LogP contribution >= 0.6 is 34.8 Å². The molecule has 1 N–H and O–H groups in total. The number of ether oxygens (including phenoxy) is 2. The Kier molecular flexibility index (Phi) is 7.97. The van der Waals surface area contributed by atoms with E-state index in [0.29, 0.717) is 38.7 Å². The van der Waals surface area contributed by atoms with Gasteiger partial charge in [0.2, 0.25) is 0 Å². The Labute approximate surface area is 189 Å². The summed E-state index contributed by atoms with van der Waals surface area (Å²) in [5.41, 5.74) is 3.95. The molecule has 8 heteroatoms. The fourth-order valence-electron chi connectivity index (χ4n) is 2.38. The molecule has 0 aliphatic heterocycles. The maximum absolute atomic E-state index is 11.8. The van der Waals surface area contributed by atoms with E-state index in [4.69, 9.17) is 44.3 Å². The number of nitrogens with one attached hydrogen (secondary N) is 1. The average molecular weight is 464 g/mol. The van der Waals surface area contributed by atoms with Gasteiger partial charge in [-0.2, -0.15) is 5.10 Å². The Balaban J connectivity index is 1.48. The minimum Gasteiger partial charge on any atom is -0.487 e. The molecule has 5 nitrogen and oxygen atoms in total. The second kappa shape index (κ2) is 10.9. The van der Waals surface area contributed by atoms with E-state index < -0.39 is 5.91 Å². The smallest absolute Gasteiger partial charge is 0.277 e. The van der Waals surface area contributed by atoms with Crippen molar-refractivity contribution in [2.24, 2.45) is 5.10 Å². The van der Waals surface area contributed by atoms with Gasteiger partial charge >= 0.3 is 0 Å². The highest BCUT2D eigenvalue weighted by atomic mass is 35.5. The van der Waals surface area contributed by atoms with Crippen molar-refractivity contribution < 1.29 is 14.3 Å². The molecular formula is C22H17Cl3N2O3. The summed E-state index contributed by atoms with van der Waals surface area (Å²) in [6.45, 7) is 0.130. The molecule has 0 radical (unpaired) electrons. The molecule has 0 unspecified atom stereocenters. The summed E-state index contributed by atoms with van der Waals surface area (Å²) in [4.78, 5) is 11.8. The topological polar surface area (TPSA) is 59.9 Å². The van der Waals surface area contributed by atoms with Crippen molar-refractivity contribution in [2.75, 3.05) is 6.61 Å². The van der Waals surface area contributed by atoms with E-state index in [-0.39, 0.29) is 6.61 Å². The molecule has 0 saturated heterocycles. The van der Waals surface area contributed by atoms with Gasteiger partial charge in [0.1, 0.15) is 18.1 Å². The van der Waals surface area contributed by atoms with Gasteiger partial charge in [-0.3, -0.25) is 4.79 Å². The van der Waals surface area contributed by atoms with Crippen molar-refractivity contribution in [3.8, 4) is 11.5 Å². The van der Waals surface area contributed by atoms with Crippen molar-refractivity contribution in [3.05, 3.63) is 92.9 Å². The number of halogens is 3. The van der Waals surface area contributed by atoms with Crippen LogP contribution in [0.25, 0.3) is 0 Å². The van der Waals surface area contributed by atoms with E-state index in [2.05, 4.69) is 10.5 Å². The van der Waals surface area contributed by atoms with E-state index >= 15 is 0 Å². The Morgan fingerprint density at radius 3 is 2.43 bits per heavy atom. The highest BCUT2D eigenvalue weighted by molar-refractivity contribution is 6.32. The molecule has 0 spiro atoms. The minimum atomic E-state index is -0.396. The molecule has 0 aliphatic rings. The monoisotopic (exact) mass is 462 g/mol. The van der Waals surface area contributed by atoms with Gasteiger partial charge in [0.15, 0.2) is 6.61 Å². The lowest BCUT2D eigenvalue weighted by molar-refractivity contribution is -0.123. The van der Waals surface area contributed by atoms with Crippen LogP contribution in [-0.2, 0) is 11.4 Å². The van der Waals surface area contributed by atoms with Gasteiger partial charge in [-0.05, 0) is 54.1 Å². The van der Waals surface area contributed by atoms with Gasteiger partial charge in [-0.25, -0.2) is 5.43 Å². The van der Waals surface area contributed by atoms with Gasteiger partial charge < -0.3 is 9.47 Å². The van der Waals surface area contributed by atoms with Crippen LogP contribution in [0.1, 0.15) is 11.1 Å². The fraction of sp³-hybridized carbons (Fsp3) is 0.0909. The van der Waals surface area contributed by atoms with Crippen LogP contribution in [0.2, 0.25) is 15.1 Å². The van der Waals surface area contributed by atoms with Crippen LogP contribution in [0.5, 0.6) is 11.5 Å². The molecule has 3 rings (SSSR count). The number of carbonyl (C=O) groups is 1. The van der Waals surface area contributed by atoms with Crippen LogP contribution in [0.15, 0.2) is 71.8 Å². The summed E-state index contributed by atoms with van der Waals surface area (Å²) in [5, 5.41) is 5.55. The molecule has 0 aliphatic carbocycles. The highest BCUT2D eigenvalue weighted by Gasteiger charge is 2.06. The summed E-state index contributed by atoms with van der Waals surface area (Å²) >= 11 is 18.2. The van der Waals surface area contributed by atoms with E-state index in [1.807, 2.05) is 18.2 Å². The Bertz CT molecular complexity index is 1040. The van der Waals surface area contributed by atoms with Gasteiger partial charge in [0.25, 0.3) is 5.91 Å². The number of hydrazone groups is 1. The number of rotatable bonds is 8. The van der Waals surface area contributed by atoms with Gasteiger partial charge in [0.05, 0.1) is 11.2 Å². The molecule has 0 aromatic heterocycles. The predicted octanol–water partition coefficient (Wildman–Crippen LogP) is 5.75. The van der Waals surface area contributed by atoms with Crippen LogP contribution in [0, 0.1) is 0 Å². The maximum atomic E-state index is 11.8. The van der Waals surface area contributed by atoms with E-state index in [1.165, 1.54) is 6.21 Å². The molecule has 0 heterocycles. The van der Waals surface area contributed by atoms with E-state index in [9.17, 15) is 4.79 Å². The van der Waals surface area contributed by atoms with E-state index in [0.717, 1.165) is 5.56 Å². The van der Waals surface area contributed by atoms with Crippen LogP contribution in [-0.4, -0.2) is 18.7 Å². The molecule has 3 aromatic rings. The normalized spacial score (nSPS) is 10.8. The molecule has 0 bridgehead atoms. The molecule has 0 fully saturated rings. The largest absolute Gasteiger partial charge is 0.487 e. The fourth-order valence-corrected chi connectivity index (χ4v) is 2.94. The van der Waals surface area contributed by atoms with Crippen molar-refractivity contribution in [2.45, 2.75) is 6.61 Å². The minimum absolute atomic E-state index is 0.172. The zero-order valence-corrected chi connectivity index (χ0v) is 17.9. The molecule has 1 amide bonds. The molecule has 0 saturated carbocycles. The molecular weight excluding hydrogens is 447 g/mol. The SMILES string of the molecule is O=C(COc1ccc(Cl)cc1)N/N=C\c1ccc(OCc2ccccc2Cl)c(Cl)c1. The molecule has 154 valence electrons. The summed E-state index contributed by atoms with van der Waals surface area (Å²) in [6, 6.07) is 19.3. The first kappa shape index (κ1) is 22.0. The Morgan fingerprint density at radius 1 is 0.933 bits per heavy atom. The summed E-state index contributed by atoms with van der Waals surface area (Å²) in [6.07, 6.45) is 1.48. The third-order valence-electron chi connectivity index (χ3n) is 3.88. The molecule has 3 aromatic carbocycles. The quantitative estimate of drug-likeness (QED) is 0.341. The Hall–Kier alpha value is -2.73. The lowest BCUT2D eigenvalue weighted by atomic mass is 10.2. The van der Waals surface area contributed by atoms with Crippen molar-refractivity contribution >= 4 is 46.9 Å². The maximum Gasteiger partial charge on any atom is 0.277 e. The zero-order chi connectivity index (χ0) is 21.3. The number of benzene rings is 3. The zero-order valence-electron chi connectivity index (χ0n) is 15.6. The summed E-state index contributed by atoms with van der Waals surface area (Å²) in [5.74, 6) is 0.666. The predicted molar refractivity (Wildman–Crippen MR) is 120 cm³/mol. The van der Waals surface area contributed by atoms with Gasteiger partial charge in [-0.1, -0.05) is 53.0 Å². The molecule has 30 heavy (non-hydrogen) atoms. The lowest BCUT2D eigenvalue weighted by Gasteiger charge is -2.09. The standard InChI is InChI=1S/C22H17Cl3N2O3/c23-17-6-8-18(9-7-17)29-14-22(28)27-26-12-15-5-10-21(20(25)11-15)30-13-16-3-1-2-4-19(16)24/h1-12H,13-14H2,(H,27,28)/b26-12-. The van der Waals surface area contributed by atoms with Gasteiger partial charge in [-0.15, -0.1) is 0 Å². The first-order valence-electron chi connectivity index (χ1n) is 8.87. The first-order chi connectivity index (χ1) is 14.5. The van der Waals surface area contributed by atoms with Gasteiger partial charge in [0, 0.05) is 15.6 Å². The third kappa shape index (κ3) is 6.66. The van der Waals surface area contributed by atoms with Crippen LogP contribution < -0.4 is 14.9 Å². The first-order valence-corrected chi connectivity index (χ1v) is 10.0. The number of hydrogen-bond donors (Lipinski definition) is 1. The summed E-state index contributed by atoms with van der Waals surface area (Å²) < 4.78 is 11.1. The van der Waals surface area contributed by atoms with Crippen molar-refractivity contribution in [3.63, 3.8) is 0 Å². The number of nitrogens with zero attached hydrogens (tertiary/aromatic N) is 1. The number of amides is 1. The average Bonchev–Trinajstić information content (AvgIpc) is 2.74. The van der Waals surface area contributed by atoms with E-state index in [1.54, 1.807) is 48.5 Å². The summed E-state index contributed by atoms with van der Waals surface area (Å²) in [7, 11) is 0. The second-order valence-corrected chi connectivity index (χ2v) is 7.36. The Morgan fingerprint density at radius 2 is 1.70 bits per heavy atom. The van der Waals surface area contributed by atoms with Crippen LogP contribution in [0.4, 0.5) is 0 Å². The second-order valence-electron chi connectivity index (χ2n) is 6.11. The van der Waals surface area contributed by atoms with Crippen LogP contribution in [0.3, 0.4) is 0 Å². The third-order valence-corrected chi connectivity index (χ3v) is 4.80. The lowest BCUT2D eigenvalue weighted by Crippen LogP contribution is -2.24. The number of carbonyl (C=O) groups excluding carboxylic acids is 1. The number of hydrogen-bond acceptors (Lipinski definition) is 4.